The quantitative estimate of drug-likeness (QED) is 0.233. The lowest BCUT2D eigenvalue weighted by molar-refractivity contribution is -0.117. The van der Waals surface area contributed by atoms with Gasteiger partial charge in [-0.3, -0.25) is 19.9 Å². The van der Waals surface area contributed by atoms with Crippen LogP contribution in [0.5, 0.6) is 0 Å². The predicted octanol–water partition coefficient (Wildman–Crippen LogP) is 6.74. The van der Waals surface area contributed by atoms with Gasteiger partial charge < -0.3 is 10.3 Å². The van der Waals surface area contributed by atoms with E-state index in [2.05, 4.69) is 35.5 Å². The molecule has 0 bridgehead atoms. The van der Waals surface area contributed by atoms with Gasteiger partial charge in [0.1, 0.15) is 11.5 Å². The first kappa shape index (κ1) is 24.4. The van der Waals surface area contributed by atoms with Crippen molar-refractivity contribution in [3.8, 4) is 33.8 Å². The lowest BCUT2D eigenvalue weighted by atomic mass is 9.92. The van der Waals surface area contributed by atoms with E-state index >= 15 is 0 Å². The summed E-state index contributed by atoms with van der Waals surface area (Å²) in [5.74, 6) is -0.371. The normalized spacial score (nSPS) is 11.8. The number of rotatable bonds is 5. The predicted molar refractivity (Wildman–Crippen MR) is 150 cm³/mol. The van der Waals surface area contributed by atoms with Crippen LogP contribution in [-0.4, -0.2) is 36.0 Å². The highest BCUT2D eigenvalue weighted by molar-refractivity contribution is 6.00. The second kappa shape index (κ2) is 9.43. The van der Waals surface area contributed by atoms with E-state index in [-0.39, 0.29) is 17.1 Å². The second-order valence-electron chi connectivity index (χ2n) is 10.8. The molecule has 39 heavy (non-hydrogen) atoms. The van der Waals surface area contributed by atoms with Crippen LogP contribution in [0.4, 0.5) is 10.1 Å². The third-order valence-corrected chi connectivity index (χ3v) is 6.36. The van der Waals surface area contributed by atoms with Crippen molar-refractivity contribution in [2.45, 2.75) is 27.2 Å². The molecule has 1 aromatic carbocycles. The smallest absolute Gasteiger partial charge is 0.224 e. The van der Waals surface area contributed by atoms with Crippen LogP contribution in [0.25, 0.3) is 55.7 Å². The summed E-state index contributed by atoms with van der Waals surface area (Å²) in [5.41, 5.74) is 6.53. The number of fused-ring (bicyclic) bond motifs is 2. The fourth-order valence-electron chi connectivity index (χ4n) is 4.67. The molecule has 0 saturated carbocycles. The molecule has 5 aromatic heterocycles. The van der Waals surface area contributed by atoms with Crippen LogP contribution in [0.3, 0.4) is 0 Å². The molecule has 0 saturated heterocycles. The fourth-order valence-corrected chi connectivity index (χ4v) is 4.67. The number of anilines is 1. The lowest BCUT2D eigenvalue weighted by Crippen LogP contribution is -2.19. The number of hydrogen-bond acceptors (Lipinski definition) is 5. The van der Waals surface area contributed by atoms with E-state index in [1.54, 1.807) is 30.9 Å². The van der Waals surface area contributed by atoms with Gasteiger partial charge in [0.2, 0.25) is 5.91 Å². The van der Waals surface area contributed by atoms with Crippen molar-refractivity contribution in [3.05, 3.63) is 79.1 Å². The zero-order valence-corrected chi connectivity index (χ0v) is 21.7. The van der Waals surface area contributed by atoms with Crippen molar-refractivity contribution in [2.24, 2.45) is 5.41 Å². The van der Waals surface area contributed by atoms with Gasteiger partial charge in [-0.1, -0.05) is 32.9 Å². The number of H-pyrrole nitrogens is 2. The molecule has 0 aliphatic rings. The van der Waals surface area contributed by atoms with Gasteiger partial charge in [0, 0.05) is 58.0 Å². The van der Waals surface area contributed by atoms with E-state index in [0.717, 1.165) is 33.1 Å². The summed E-state index contributed by atoms with van der Waals surface area (Å²) in [4.78, 5) is 29.3. The highest BCUT2D eigenvalue weighted by Gasteiger charge is 2.18. The van der Waals surface area contributed by atoms with Gasteiger partial charge in [-0.15, -0.1) is 0 Å². The highest BCUT2D eigenvalue weighted by Crippen LogP contribution is 2.34. The van der Waals surface area contributed by atoms with Gasteiger partial charge in [-0.2, -0.15) is 5.10 Å². The van der Waals surface area contributed by atoms with Crippen molar-refractivity contribution in [3.63, 3.8) is 0 Å². The highest BCUT2D eigenvalue weighted by atomic mass is 19.1. The Kier molecular flexibility index (Phi) is 5.91. The van der Waals surface area contributed by atoms with E-state index in [1.807, 2.05) is 51.1 Å². The number of pyridine rings is 3. The number of aromatic nitrogens is 6. The molecule has 0 radical (unpaired) electrons. The van der Waals surface area contributed by atoms with Crippen molar-refractivity contribution in [1.29, 1.82) is 0 Å². The van der Waals surface area contributed by atoms with E-state index in [9.17, 15) is 9.18 Å². The maximum absolute atomic E-state index is 13.9. The molecule has 9 heteroatoms. The molecule has 5 heterocycles. The number of amides is 1. The summed E-state index contributed by atoms with van der Waals surface area (Å²) in [7, 11) is 0. The number of halogens is 1. The summed E-state index contributed by atoms with van der Waals surface area (Å²) in [5, 5.41) is 12.2. The van der Waals surface area contributed by atoms with E-state index < -0.39 is 0 Å². The van der Waals surface area contributed by atoms with Gasteiger partial charge in [0.15, 0.2) is 5.65 Å². The zero-order chi connectivity index (χ0) is 27.1. The summed E-state index contributed by atoms with van der Waals surface area (Å²) in [6.45, 7) is 6.07. The molecule has 1 amide bonds. The minimum Gasteiger partial charge on any atom is -0.353 e. The third-order valence-electron chi connectivity index (χ3n) is 6.36. The molecular formula is C30H26FN7O. The molecule has 0 aliphatic heterocycles. The molecule has 0 aliphatic carbocycles. The molecule has 3 N–H and O–H groups in total. The van der Waals surface area contributed by atoms with E-state index in [0.29, 0.717) is 34.7 Å². The summed E-state index contributed by atoms with van der Waals surface area (Å²) in [6, 6.07) is 14.1. The Labute approximate surface area is 223 Å². The average Bonchev–Trinajstić information content (AvgIpc) is 3.51. The SMILES string of the molecule is CC(C)(C)CC(=O)Nc1cncc(-c2cnc3[nH]nc(-c4cc5c(-c6cccc(F)c6)nccc5[nH]4)c3c2)c1. The Balaban J connectivity index is 1.37. The van der Waals surface area contributed by atoms with Crippen molar-refractivity contribution in [2.75, 3.05) is 5.32 Å². The topological polar surface area (TPSA) is 112 Å². The van der Waals surface area contributed by atoms with Crippen LogP contribution in [0.2, 0.25) is 0 Å². The van der Waals surface area contributed by atoms with Gasteiger partial charge >= 0.3 is 0 Å². The first-order valence-corrected chi connectivity index (χ1v) is 12.6. The second-order valence-corrected chi connectivity index (χ2v) is 10.8. The number of nitrogens with one attached hydrogen (secondary N) is 3. The van der Waals surface area contributed by atoms with Gasteiger partial charge in [0.05, 0.1) is 23.3 Å². The molecule has 0 atom stereocenters. The summed E-state index contributed by atoms with van der Waals surface area (Å²) < 4.78 is 13.9. The Morgan fingerprint density at radius 3 is 2.59 bits per heavy atom. The fraction of sp³-hybridized carbons (Fsp3) is 0.167. The molecule has 8 nitrogen and oxygen atoms in total. The Morgan fingerprint density at radius 2 is 1.77 bits per heavy atom. The molecule has 0 unspecified atom stereocenters. The maximum atomic E-state index is 13.9. The van der Waals surface area contributed by atoms with Gasteiger partial charge in [-0.05, 0) is 41.8 Å². The molecule has 0 spiro atoms. The van der Waals surface area contributed by atoms with Crippen LogP contribution in [0.15, 0.2) is 73.3 Å². The Hall–Kier alpha value is -4.92. The van der Waals surface area contributed by atoms with Gasteiger partial charge in [0.25, 0.3) is 0 Å². The molecule has 6 aromatic rings. The number of nitrogens with zero attached hydrogens (tertiary/aromatic N) is 4. The summed E-state index contributed by atoms with van der Waals surface area (Å²) >= 11 is 0. The van der Waals surface area contributed by atoms with Crippen molar-refractivity contribution in [1.82, 2.24) is 30.1 Å². The monoisotopic (exact) mass is 519 g/mol. The minimum absolute atomic E-state index is 0.0574. The van der Waals surface area contributed by atoms with Gasteiger partial charge in [-0.25, -0.2) is 9.37 Å². The van der Waals surface area contributed by atoms with Crippen molar-refractivity contribution < 1.29 is 9.18 Å². The van der Waals surface area contributed by atoms with Crippen LogP contribution in [0, 0.1) is 11.2 Å². The third kappa shape index (κ3) is 4.98. The molecule has 194 valence electrons. The van der Waals surface area contributed by atoms with Crippen LogP contribution in [-0.2, 0) is 4.79 Å². The molecular weight excluding hydrogens is 493 g/mol. The first-order valence-electron chi connectivity index (χ1n) is 12.6. The first-order chi connectivity index (χ1) is 18.7. The van der Waals surface area contributed by atoms with Crippen molar-refractivity contribution >= 4 is 33.5 Å². The summed E-state index contributed by atoms with van der Waals surface area (Å²) in [6.07, 6.45) is 7.23. The molecule has 6 rings (SSSR count). The van der Waals surface area contributed by atoms with Crippen LogP contribution >= 0.6 is 0 Å². The number of carbonyl (C=O) groups is 1. The van der Waals surface area contributed by atoms with Crippen LogP contribution in [0.1, 0.15) is 27.2 Å². The number of hydrogen-bond donors (Lipinski definition) is 3. The Morgan fingerprint density at radius 1 is 0.923 bits per heavy atom. The minimum atomic E-state index is -0.314. The van der Waals surface area contributed by atoms with E-state index in [4.69, 9.17) is 0 Å². The van der Waals surface area contributed by atoms with Crippen LogP contribution < -0.4 is 5.32 Å². The largest absolute Gasteiger partial charge is 0.353 e. The number of benzene rings is 1. The number of aromatic amines is 2. The average molecular weight is 520 g/mol. The Bertz CT molecular complexity index is 1850. The maximum Gasteiger partial charge on any atom is 0.224 e. The standard InChI is InChI=1S/C30H26FN7O/c1-30(2,3)13-26(39)35-21-10-18(14-32-16-21)19-11-23-28(37-38-29(23)34-15-19)25-12-22-24(36-25)7-8-33-27(22)17-5-4-6-20(31)9-17/h4-12,14-16,36H,13H2,1-3H3,(H,35,39)(H,34,37,38). The zero-order valence-electron chi connectivity index (χ0n) is 21.7. The van der Waals surface area contributed by atoms with E-state index in [1.165, 1.54) is 12.1 Å². The molecule has 0 fully saturated rings. The number of carbonyl (C=O) groups excluding carboxylic acids is 1. The lowest BCUT2D eigenvalue weighted by Gasteiger charge is -2.17.